The van der Waals surface area contributed by atoms with Crippen LogP contribution in [0.2, 0.25) is 0 Å². The van der Waals surface area contributed by atoms with Crippen molar-refractivity contribution in [1.29, 1.82) is 0 Å². The molecule has 0 atom stereocenters. The summed E-state index contributed by atoms with van der Waals surface area (Å²) in [5, 5.41) is 3.13. The molecule has 0 radical (unpaired) electrons. The van der Waals surface area contributed by atoms with Gasteiger partial charge in [0, 0.05) is 17.3 Å². The molecule has 0 unspecified atom stereocenters. The second-order valence-electron chi connectivity index (χ2n) is 6.50. The molecular formula is C20H19N3O5S. The molecule has 0 saturated carbocycles. The van der Waals surface area contributed by atoms with E-state index in [4.69, 9.17) is 9.47 Å². The maximum absolute atomic E-state index is 12.3. The number of esters is 2. The molecule has 0 fully saturated rings. The van der Waals surface area contributed by atoms with Gasteiger partial charge < -0.3 is 19.2 Å². The van der Waals surface area contributed by atoms with Gasteiger partial charge >= 0.3 is 11.9 Å². The third-order valence-electron chi connectivity index (χ3n) is 4.56. The van der Waals surface area contributed by atoms with E-state index in [0.717, 1.165) is 29.7 Å². The number of hydrogen-bond acceptors (Lipinski definition) is 7. The molecule has 0 spiro atoms. The highest BCUT2D eigenvalue weighted by Crippen LogP contribution is 2.39. The number of rotatable bonds is 6. The smallest absolute Gasteiger partial charge is 0.359 e. The molecule has 0 saturated heterocycles. The molecule has 3 aromatic rings. The molecule has 9 heteroatoms. The first kappa shape index (κ1) is 19.1. The lowest BCUT2D eigenvalue weighted by atomic mass is 10.1. The molecular weight excluding hydrogens is 394 g/mol. The van der Waals surface area contributed by atoms with E-state index in [9.17, 15) is 14.4 Å². The average molecular weight is 413 g/mol. The van der Waals surface area contributed by atoms with Gasteiger partial charge in [-0.15, -0.1) is 11.3 Å². The predicted molar refractivity (Wildman–Crippen MR) is 106 cm³/mol. The van der Waals surface area contributed by atoms with Crippen LogP contribution in [0.15, 0.2) is 30.6 Å². The third kappa shape index (κ3) is 3.86. The maximum atomic E-state index is 12.3. The molecule has 150 valence electrons. The van der Waals surface area contributed by atoms with Crippen LogP contribution in [-0.4, -0.2) is 40.4 Å². The zero-order valence-electron chi connectivity index (χ0n) is 15.8. The van der Waals surface area contributed by atoms with Crippen molar-refractivity contribution in [3.63, 3.8) is 0 Å². The van der Waals surface area contributed by atoms with E-state index < -0.39 is 24.5 Å². The summed E-state index contributed by atoms with van der Waals surface area (Å²) in [5.74, 6) is -1.65. The van der Waals surface area contributed by atoms with Crippen LogP contribution in [0.1, 0.15) is 44.6 Å². The zero-order chi connectivity index (χ0) is 20.4. The van der Waals surface area contributed by atoms with Crippen LogP contribution in [0.3, 0.4) is 0 Å². The van der Waals surface area contributed by atoms with Crippen LogP contribution in [0.4, 0.5) is 5.00 Å². The Bertz CT molecular complexity index is 1070. The maximum Gasteiger partial charge on any atom is 0.359 e. The second-order valence-corrected chi connectivity index (χ2v) is 7.60. The number of aryl methyl sites for hydroxylation is 1. The number of pyridine rings is 1. The van der Waals surface area contributed by atoms with Crippen molar-refractivity contribution in [3.05, 3.63) is 52.3 Å². The van der Waals surface area contributed by atoms with Crippen LogP contribution in [0, 0.1) is 0 Å². The summed E-state index contributed by atoms with van der Waals surface area (Å²) in [6, 6.07) is 5.39. The van der Waals surface area contributed by atoms with E-state index >= 15 is 0 Å². The van der Waals surface area contributed by atoms with E-state index in [-0.39, 0.29) is 12.3 Å². The Balaban J connectivity index is 1.42. The normalized spacial score (nSPS) is 12.6. The summed E-state index contributed by atoms with van der Waals surface area (Å²) in [6.45, 7) is 1.52. The monoisotopic (exact) mass is 413 g/mol. The molecule has 1 amide bonds. The minimum absolute atomic E-state index is 0.117. The number of nitrogens with one attached hydrogen (secondary N) is 1. The lowest BCUT2D eigenvalue weighted by molar-refractivity contribution is -0.119. The number of anilines is 1. The summed E-state index contributed by atoms with van der Waals surface area (Å²) >= 11 is 1.38. The van der Waals surface area contributed by atoms with Crippen molar-refractivity contribution in [2.24, 2.45) is 0 Å². The average Bonchev–Trinajstić information content (AvgIpc) is 3.39. The van der Waals surface area contributed by atoms with Crippen molar-refractivity contribution in [3.8, 4) is 0 Å². The lowest BCUT2D eigenvalue weighted by Gasteiger charge is -2.08. The van der Waals surface area contributed by atoms with Crippen molar-refractivity contribution in [1.82, 2.24) is 9.38 Å². The number of thiophene rings is 1. The number of carbonyl (C=O) groups excluding carboxylic acids is 3. The first-order valence-corrected chi connectivity index (χ1v) is 10.1. The molecule has 4 rings (SSSR count). The van der Waals surface area contributed by atoms with Gasteiger partial charge in [-0.2, -0.15) is 0 Å². The fourth-order valence-corrected chi connectivity index (χ4v) is 4.61. The highest BCUT2D eigenvalue weighted by Gasteiger charge is 2.28. The summed E-state index contributed by atoms with van der Waals surface area (Å²) in [4.78, 5) is 42.1. The Kier molecular flexibility index (Phi) is 5.30. The highest BCUT2D eigenvalue weighted by molar-refractivity contribution is 7.17. The number of carbonyl (C=O) groups is 3. The van der Waals surface area contributed by atoms with E-state index in [0.29, 0.717) is 16.2 Å². The van der Waals surface area contributed by atoms with E-state index in [2.05, 4.69) is 10.3 Å². The van der Waals surface area contributed by atoms with E-state index in [1.165, 1.54) is 17.5 Å². The fourth-order valence-electron chi connectivity index (χ4n) is 3.31. The Hall–Kier alpha value is -3.20. The van der Waals surface area contributed by atoms with Crippen LogP contribution in [-0.2, 0) is 27.1 Å². The third-order valence-corrected chi connectivity index (χ3v) is 5.77. The van der Waals surface area contributed by atoms with Gasteiger partial charge in [0.1, 0.15) is 10.6 Å². The number of fused-ring (bicyclic) bond motifs is 2. The van der Waals surface area contributed by atoms with Crippen molar-refractivity contribution >= 4 is 39.8 Å². The SMILES string of the molecule is CCOC(=O)c1c(NC(=O)COC(=O)c2cn3ccccc3n2)sc2c1CCC2. The number of hydrogen-bond donors (Lipinski definition) is 1. The van der Waals surface area contributed by atoms with Crippen LogP contribution < -0.4 is 5.32 Å². The molecule has 8 nitrogen and oxygen atoms in total. The molecule has 3 aromatic heterocycles. The van der Waals surface area contributed by atoms with E-state index in [1.807, 2.05) is 12.1 Å². The molecule has 1 aliphatic carbocycles. The summed E-state index contributed by atoms with van der Waals surface area (Å²) < 4.78 is 11.9. The first-order chi connectivity index (χ1) is 14.1. The number of ether oxygens (including phenoxy) is 2. The van der Waals surface area contributed by atoms with Gasteiger partial charge in [0.15, 0.2) is 12.3 Å². The molecule has 0 bridgehead atoms. The Labute approximate surface area is 170 Å². The van der Waals surface area contributed by atoms with Crippen molar-refractivity contribution in [2.45, 2.75) is 26.2 Å². The fraction of sp³-hybridized carbons (Fsp3) is 0.300. The second kappa shape index (κ2) is 8.04. The predicted octanol–water partition coefficient (Wildman–Crippen LogP) is 2.86. The topological polar surface area (TPSA) is 99.0 Å². The summed E-state index contributed by atoms with van der Waals surface area (Å²) in [6.07, 6.45) is 5.96. The number of aromatic nitrogens is 2. The molecule has 1 N–H and O–H groups in total. The van der Waals surface area contributed by atoms with Crippen LogP contribution in [0.5, 0.6) is 0 Å². The van der Waals surface area contributed by atoms with Crippen molar-refractivity contribution in [2.75, 3.05) is 18.5 Å². The molecule has 1 aliphatic rings. The number of amides is 1. The lowest BCUT2D eigenvalue weighted by Crippen LogP contribution is -2.22. The van der Waals surface area contributed by atoms with Crippen LogP contribution >= 0.6 is 11.3 Å². The van der Waals surface area contributed by atoms with Gasteiger partial charge in [0.05, 0.1) is 12.2 Å². The Morgan fingerprint density at radius 3 is 2.86 bits per heavy atom. The minimum Gasteiger partial charge on any atom is -0.462 e. The first-order valence-electron chi connectivity index (χ1n) is 9.29. The summed E-state index contributed by atoms with van der Waals surface area (Å²) in [7, 11) is 0. The number of nitrogens with zero attached hydrogens (tertiary/aromatic N) is 2. The Morgan fingerprint density at radius 2 is 2.07 bits per heavy atom. The van der Waals surface area contributed by atoms with Crippen molar-refractivity contribution < 1.29 is 23.9 Å². The van der Waals surface area contributed by atoms with E-state index in [1.54, 1.807) is 23.6 Å². The van der Waals surface area contributed by atoms with Gasteiger partial charge in [-0.3, -0.25) is 4.79 Å². The molecule has 0 aliphatic heterocycles. The minimum atomic E-state index is -0.692. The van der Waals surface area contributed by atoms with Gasteiger partial charge in [0.25, 0.3) is 5.91 Å². The standard InChI is InChI=1S/C20H19N3O5S/c1-2-27-20(26)17-12-6-5-7-14(12)29-18(17)22-16(24)11-28-19(25)13-10-23-9-4-3-8-15(23)21-13/h3-4,8-10H,2,5-7,11H2,1H3,(H,22,24). The Morgan fingerprint density at radius 1 is 1.21 bits per heavy atom. The molecule has 3 heterocycles. The largest absolute Gasteiger partial charge is 0.462 e. The van der Waals surface area contributed by atoms with Gasteiger partial charge in [-0.05, 0) is 43.9 Å². The quantitative estimate of drug-likeness (QED) is 0.624. The highest BCUT2D eigenvalue weighted by atomic mass is 32.1. The zero-order valence-corrected chi connectivity index (χ0v) is 16.6. The van der Waals surface area contributed by atoms with Gasteiger partial charge in [0.2, 0.25) is 0 Å². The molecule has 0 aromatic carbocycles. The van der Waals surface area contributed by atoms with Gasteiger partial charge in [-0.1, -0.05) is 6.07 Å². The van der Waals surface area contributed by atoms with Crippen LogP contribution in [0.25, 0.3) is 5.65 Å². The van der Waals surface area contributed by atoms with Gasteiger partial charge in [-0.25, -0.2) is 14.6 Å². The summed E-state index contributed by atoms with van der Waals surface area (Å²) in [5.41, 5.74) is 2.09. The molecule has 29 heavy (non-hydrogen) atoms. The number of imidazole rings is 1.